The van der Waals surface area contributed by atoms with E-state index in [0.29, 0.717) is 17.7 Å². The van der Waals surface area contributed by atoms with Gasteiger partial charge < -0.3 is 4.90 Å². The van der Waals surface area contributed by atoms with Crippen LogP contribution in [0.4, 0.5) is 5.69 Å². The minimum atomic E-state index is -3.28. The lowest BCUT2D eigenvalue weighted by atomic mass is 10.2. The minimum Gasteiger partial charge on any atom is -0.339 e. The highest BCUT2D eigenvalue weighted by Gasteiger charge is 2.19. The Morgan fingerprint density at radius 3 is 2.35 bits per heavy atom. The predicted octanol–water partition coefficient (Wildman–Crippen LogP) is 2.07. The number of carbonyl (C=O) groups is 1. The van der Waals surface area contributed by atoms with Crippen molar-refractivity contribution in [3.05, 3.63) is 29.8 Å². The number of anilines is 1. The Morgan fingerprint density at radius 2 is 1.80 bits per heavy atom. The van der Waals surface area contributed by atoms with Crippen LogP contribution in [0.15, 0.2) is 24.3 Å². The molecule has 0 unspecified atom stereocenters. The van der Waals surface area contributed by atoms with Gasteiger partial charge in [0.2, 0.25) is 10.0 Å². The molecule has 0 radical (unpaired) electrons. The molecule has 0 saturated carbocycles. The fourth-order valence-electron chi connectivity index (χ4n) is 2.28. The third-order valence-electron chi connectivity index (χ3n) is 3.27. The van der Waals surface area contributed by atoms with Gasteiger partial charge in [-0.15, -0.1) is 0 Å². The molecule has 1 heterocycles. The van der Waals surface area contributed by atoms with Crippen LogP contribution < -0.4 is 4.72 Å². The first-order chi connectivity index (χ1) is 9.52. The molecule has 110 valence electrons. The van der Waals surface area contributed by atoms with Gasteiger partial charge in [0.15, 0.2) is 0 Å². The van der Waals surface area contributed by atoms with Gasteiger partial charge in [-0.25, -0.2) is 8.42 Å². The van der Waals surface area contributed by atoms with Gasteiger partial charge in [0, 0.05) is 24.3 Å². The molecule has 2 rings (SSSR count). The first-order valence-electron chi connectivity index (χ1n) is 6.91. The van der Waals surface area contributed by atoms with E-state index in [1.54, 1.807) is 24.3 Å². The Balaban J connectivity index is 2.04. The molecular weight excluding hydrogens is 276 g/mol. The van der Waals surface area contributed by atoms with Crippen LogP contribution in [0.25, 0.3) is 0 Å². The van der Waals surface area contributed by atoms with Crippen molar-refractivity contribution >= 4 is 21.6 Å². The van der Waals surface area contributed by atoms with E-state index < -0.39 is 10.0 Å². The molecule has 1 aromatic rings. The third kappa shape index (κ3) is 3.72. The van der Waals surface area contributed by atoms with E-state index in [-0.39, 0.29) is 11.7 Å². The summed E-state index contributed by atoms with van der Waals surface area (Å²) in [5.74, 6) is 0.118. The molecule has 0 spiro atoms. The molecule has 0 aliphatic carbocycles. The number of carbonyl (C=O) groups excluding carboxylic acids is 1. The number of likely N-dealkylation sites (tertiary alicyclic amines) is 1. The molecule has 1 aliphatic rings. The first kappa shape index (κ1) is 14.8. The van der Waals surface area contributed by atoms with E-state index in [0.717, 1.165) is 25.9 Å². The van der Waals surface area contributed by atoms with Crippen molar-refractivity contribution in [2.75, 3.05) is 23.6 Å². The van der Waals surface area contributed by atoms with Crippen LogP contribution in [0.2, 0.25) is 0 Å². The van der Waals surface area contributed by atoms with Gasteiger partial charge in [-0.2, -0.15) is 0 Å². The van der Waals surface area contributed by atoms with E-state index in [4.69, 9.17) is 0 Å². The third-order valence-corrected chi connectivity index (χ3v) is 4.76. The lowest BCUT2D eigenvalue weighted by molar-refractivity contribution is 0.0793. The molecule has 1 N–H and O–H groups in total. The van der Waals surface area contributed by atoms with Gasteiger partial charge in [0.1, 0.15) is 0 Å². The van der Waals surface area contributed by atoms with Gasteiger partial charge >= 0.3 is 0 Å². The van der Waals surface area contributed by atoms with Crippen molar-refractivity contribution < 1.29 is 13.2 Å². The Morgan fingerprint density at radius 1 is 1.20 bits per heavy atom. The zero-order valence-corrected chi connectivity index (χ0v) is 12.4. The summed E-state index contributed by atoms with van der Waals surface area (Å²) in [4.78, 5) is 14.0. The molecule has 6 heteroatoms. The zero-order valence-electron chi connectivity index (χ0n) is 11.6. The van der Waals surface area contributed by atoms with Crippen LogP contribution in [0.5, 0.6) is 0 Å². The second kappa shape index (κ2) is 6.26. The Bertz CT molecular complexity index is 561. The topological polar surface area (TPSA) is 66.5 Å². The quantitative estimate of drug-likeness (QED) is 0.904. The van der Waals surface area contributed by atoms with Crippen LogP contribution >= 0.6 is 0 Å². The zero-order chi connectivity index (χ0) is 14.6. The average Bonchev–Trinajstić information content (AvgIpc) is 2.92. The molecule has 5 nitrogen and oxygen atoms in total. The summed E-state index contributed by atoms with van der Waals surface area (Å²) in [7, 11) is -3.28. The van der Waals surface area contributed by atoms with Crippen LogP contribution in [0.3, 0.4) is 0 Å². The van der Waals surface area contributed by atoms with Crippen LogP contribution in [0.1, 0.15) is 36.5 Å². The van der Waals surface area contributed by atoms with E-state index in [1.165, 1.54) is 0 Å². The summed E-state index contributed by atoms with van der Waals surface area (Å²) in [6.45, 7) is 3.43. The largest absolute Gasteiger partial charge is 0.339 e. The van der Waals surface area contributed by atoms with Crippen molar-refractivity contribution in [2.45, 2.75) is 26.2 Å². The second-order valence-corrected chi connectivity index (χ2v) is 6.84. The average molecular weight is 296 g/mol. The first-order valence-corrected chi connectivity index (χ1v) is 8.57. The summed E-state index contributed by atoms with van der Waals surface area (Å²) in [6.07, 6.45) is 2.68. The van der Waals surface area contributed by atoms with Crippen molar-refractivity contribution in [2.24, 2.45) is 0 Å². The van der Waals surface area contributed by atoms with Crippen molar-refractivity contribution in [1.29, 1.82) is 0 Å². The van der Waals surface area contributed by atoms with E-state index in [2.05, 4.69) is 4.72 Å². The maximum atomic E-state index is 12.1. The number of hydrogen-bond donors (Lipinski definition) is 1. The fourth-order valence-corrected chi connectivity index (χ4v) is 3.42. The second-order valence-electron chi connectivity index (χ2n) is 5.00. The van der Waals surface area contributed by atoms with Crippen molar-refractivity contribution in [3.8, 4) is 0 Å². The van der Waals surface area contributed by atoms with Gasteiger partial charge in [0.25, 0.3) is 5.91 Å². The number of hydrogen-bond acceptors (Lipinski definition) is 3. The Kier molecular flexibility index (Phi) is 4.65. The molecular formula is C14H20N2O3S. The molecule has 0 bridgehead atoms. The molecule has 1 amide bonds. The van der Waals surface area contributed by atoms with Crippen LogP contribution in [-0.4, -0.2) is 38.1 Å². The Labute approximate surface area is 120 Å². The van der Waals surface area contributed by atoms with Gasteiger partial charge in [-0.1, -0.05) is 6.92 Å². The highest BCUT2D eigenvalue weighted by atomic mass is 32.2. The van der Waals surface area contributed by atoms with Crippen molar-refractivity contribution in [1.82, 2.24) is 4.90 Å². The van der Waals surface area contributed by atoms with E-state index >= 15 is 0 Å². The normalized spacial score (nSPS) is 15.3. The number of rotatable bonds is 5. The highest BCUT2D eigenvalue weighted by Crippen LogP contribution is 2.16. The van der Waals surface area contributed by atoms with E-state index in [9.17, 15) is 13.2 Å². The molecule has 1 aromatic carbocycles. The van der Waals surface area contributed by atoms with Crippen LogP contribution in [0, 0.1) is 0 Å². The maximum absolute atomic E-state index is 12.1. The number of nitrogens with one attached hydrogen (secondary N) is 1. The number of nitrogens with zero attached hydrogens (tertiary/aromatic N) is 1. The number of benzene rings is 1. The summed E-state index contributed by atoms with van der Waals surface area (Å²) >= 11 is 0. The van der Waals surface area contributed by atoms with Gasteiger partial charge in [0.05, 0.1) is 5.75 Å². The van der Waals surface area contributed by atoms with E-state index in [1.807, 2.05) is 11.8 Å². The fraction of sp³-hybridized carbons (Fsp3) is 0.500. The van der Waals surface area contributed by atoms with Gasteiger partial charge in [-0.3, -0.25) is 9.52 Å². The lowest BCUT2D eigenvalue weighted by Gasteiger charge is -2.15. The minimum absolute atomic E-state index is 0.0189. The molecule has 0 atom stereocenters. The van der Waals surface area contributed by atoms with Gasteiger partial charge in [-0.05, 0) is 43.5 Å². The monoisotopic (exact) mass is 296 g/mol. The number of amides is 1. The Hall–Kier alpha value is -1.56. The van der Waals surface area contributed by atoms with Crippen LogP contribution in [-0.2, 0) is 10.0 Å². The summed E-state index contributed by atoms with van der Waals surface area (Å²) in [6, 6.07) is 6.61. The standard InChI is InChI=1S/C14H20N2O3S/c1-2-11-20(18,19)15-13-7-5-12(6-8-13)14(17)16-9-3-4-10-16/h5-8,15H,2-4,9-11H2,1H3. The highest BCUT2D eigenvalue weighted by molar-refractivity contribution is 7.92. The SMILES string of the molecule is CCCS(=O)(=O)Nc1ccc(C(=O)N2CCCC2)cc1. The maximum Gasteiger partial charge on any atom is 0.253 e. The summed E-state index contributed by atoms with van der Waals surface area (Å²) in [5.41, 5.74) is 1.10. The smallest absolute Gasteiger partial charge is 0.253 e. The number of sulfonamides is 1. The molecule has 1 fully saturated rings. The predicted molar refractivity (Wildman–Crippen MR) is 79.3 cm³/mol. The summed E-state index contributed by atoms with van der Waals surface area (Å²) in [5, 5.41) is 0. The lowest BCUT2D eigenvalue weighted by Crippen LogP contribution is -2.27. The molecule has 1 saturated heterocycles. The summed E-state index contributed by atoms with van der Waals surface area (Å²) < 4.78 is 25.8. The molecule has 0 aromatic heterocycles. The van der Waals surface area contributed by atoms with Crippen molar-refractivity contribution in [3.63, 3.8) is 0 Å². The molecule has 20 heavy (non-hydrogen) atoms. The molecule has 1 aliphatic heterocycles.